The lowest BCUT2D eigenvalue weighted by Crippen LogP contribution is -2.54. The van der Waals surface area contributed by atoms with Gasteiger partial charge in [-0.15, -0.1) is 0 Å². The van der Waals surface area contributed by atoms with Gasteiger partial charge in [-0.2, -0.15) is 0 Å². The van der Waals surface area contributed by atoms with Gasteiger partial charge in [0.2, 0.25) is 0 Å². The van der Waals surface area contributed by atoms with E-state index in [-0.39, 0.29) is 13.1 Å². The van der Waals surface area contributed by atoms with E-state index in [1.165, 1.54) is 0 Å². The summed E-state index contributed by atoms with van der Waals surface area (Å²) in [5.41, 5.74) is 6.17. The molecule has 0 bridgehead atoms. The van der Waals surface area contributed by atoms with Gasteiger partial charge < -0.3 is 41.5 Å². The Morgan fingerprint density at radius 3 is 0.938 bits per heavy atom. The molecule has 8 N–H and O–H groups in total. The molecular weight excluding hydrogens is 228 g/mol. The van der Waals surface area contributed by atoms with Gasteiger partial charge in [0.1, 0.15) is 0 Å². The van der Waals surface area contributed by atoms with Crippen LogP contribution in [0.5, 0.6) is 0 Å². The first kappa shape index (κ1) is 19.4. The SMILES string of the molecule is O=C([O-])C(=O)[O-].[NH3+]CC(=O)O.[NH3+]CC(=O)O. The first-order valence-corrected chi connectivity index (χ1v) is 3.63. The molecule has 0 radical (unpaired) electrons. The normalized spacial score (nSPS) is 7.38. The summed E-state index contributed by atoms with van der Waals surface area (Å²) in [6, 6.07) is 0. The lowest BCUT2D eigenvalue weighted by molar-refractivity contribution is -0.359. The quantitative estimate of drug-likeness (QED) is 0.339. The minimum absolute atomic E-state index is 0.0278. The van der Waals surface area contributed by atoms with Crippen LogP contribution in [0, 0.1) is 0 Å². The number of carbonyl (C=O) groups excluding carboxylic acids is 2. The third-order valence-corrected chi connectivity index (χ3v) is 0.594. The van der Waals surface area contributed by atoms with Crippen LogP contribution in [0.3, 0.4) is 0 Å². The molecule has 0 rings (SSSR count). The summed E-state index contributed by atoms with van der Waals surface area (Å²) >= 11 is 0. The van der Waals surface area contributed by atoms with Crippen LogP contribution in [0.15, 0.2) is 0 Å². The summed E-state index contributed by atoms with van der Waals surface area (Å²) in [6.07, 6.45) is 0. The predicted molar refractivity (Wildman–Crippen MR) is 40.8 cm³/mol. The van der Waals surface area contributed by atoms with Crippen molar-refractivity contribution >= 4 is 23.9 Å². The molecule has 0 spiro atoms. The van der Waals surface area contributed by atoms with Crippen LogP contribution in [-0.4, -0.2) is 47.2 Å². The number of hydrogen-bond donors (Lipinski definition) is 4. The van der Waals surface area contributed by atoms with E-state index in [9.17, 15) is 9.59 Å². The van der Waals surface area contributed by atoms with E-state index in [4.69, 9.17) is 30.0 Å². The molecule has 0 aliphatic heterocycles. The Morgan fingerprint density at radius 2 is 0.938 bits per heavy atom. The van der Waals surface area contributed by atoms with E-state index in [0.29, 0.717) is 0 Å². The maximum atomic E-state index is 9.31. The Labute approximate surface area is 89.1 Å². The zero-order valence-corrected chi connectivity index (χ0v) is 8.17. The Morgan fingerprint density at radius 1 is 0.812 bits per heavy atom. The van der Waals surface area contributed by atoms with Crippen molar-refractivity contribution in [3.05, 3.63) is 0 Å². The Balaban J connectivity index is -0.000000160. The first-order chi connectivity index (χ1) is 7.18. The highest BCUT2D eigenvalue weighted by Crippen LogP contribution is 1.41. The number of hydrogen-bond acceptors (Lipinski definition) is 6. The summed E-state index contributed by atoms with van der Waals surface area (Å²) in [5, 5.41) is 33.2. The number of quaternary nitrogens is 2. The second-order valence-electron chi connectivity index (χ2n) is 1.86. The fourth-order valence-corrected chi connectivity index (χ4v) is 0. The van der Waals surface area contributed by atoms with E-state index >= 15 is 0 Å². The Hall–Kier alpha value is -2.20. The molecule has 0 aromatic carbocycles. The minimum atomic E-state index is -2.19. The molecule has 10 heteroatoms. The van der Waals surface area contributed by atoms with Gasteiger partial charge in [0.05, 0.1) is 11.9 Å². The zero-order valence-electron chi connectivity index (χ0n) is 8.17. The van der Waals surface area contributed by atoms with Crippen LogP contribution in [-0.2, 0) is 19.2 Å². The lowest BCUT2D eigenvalue weighted by atomic mass is 10.7. The van der Waals surface area contributed by atoms with Crippen molar-refractivity contribution in [1.29, 1.82) is 0 Å². The van der Waals surface area contributed by atoms with Crippen LogP contribution in [0.25, 0.3) is 0 Å². The van der Waals surface area contributed by atoms with Crippen LogP contribution in [0.4, 0.5) is 0 Å². The summed E-state index contributed by atoms with van der Waals surface area (Å²) in [6.45, 7) is -0.0556. The molecule has 0 aromatic rings. The maximum absolute atomic E-state index is 9.31. The summed E-state index contributed by atoms with van der Waals surface area (Å²) in [4.78, 5) is 36.5. The van der Waals surface area contributed by atoms with Crippen molar-refractivity contribution in [3.8, 4) is 0 Å². The average Bonchev–Trinajstić information content (AvgIpc) is 2.19. The molecular formula is C6H12N2O8. The van der Waals surface area contributed by atoms with Crippen LogP contribution in [0.1, 0.15) is 0 Å². The Kier molecular flexibility index (Phi) is 15.5. The summed E-state index contributed by atoms with van der Waals surface area (Å²) < 4.78 is 0. The van der Waals surface area contributed by atoms with E-state index in [1.807, 2.05) is 0 Å². The smallest absolute Gasteiger partial charge is 0.359 e. The van der Waals surface area contributed by atoms with E-state index in [0.717, 1.165) is 0 Å². The number of carbonyl (C=O) groups is 4. The molecule has 10 nitrogen and oxygen atoms in total. The highest BCUT2D eigenvalue weighted by Gasteiger charge is 1.85. The average molecular weight is 240 g/mol. The largest absolute Gasteiger partial charge is 0.543 e. The van der Waals surface area contributed by atoms with Crippen molar-refractivity contribution in [2.45, 2.75) is 0 Å². The van der Waals surface area contributed by atoms with Gasteiger partial charge in [-0.25, -0.2) is 9.59 Å². The molecule has 0 amide bonds. The molecule has 0 unspecified atom stereocenters. The molecule has 0 aliphatic carbocycles. The van der Waals surface area contributed by atoms with Crippen molar-refractivity contribution in [2.24, 2.45) is 0 Å². The second kappa shape index (κ2) is 12.8. The van der Waals surface area contributed by atoms with E-state index in [2.05, 4.69) is 11.5 Å². The van der Waals surface area contributed by atoms with Crippen molar-refractivity contribution in [2.75, 3.05) is 13.1 Å². The van der Waals surface area contributed by atoms with Crippen LogP contribution >= 0.6 is 0 Å². The number of carboxylic acids is 4. The molecule has 16 heavy (non-hydrogen) atoms. The summed E-state index contributed by atoms with van der Waals surface area (Å²) in [5.74, 6) is -6.08. The van der Waals surface area contributed by atoms with Gasteiger partial charge in [0.25, 0.3) is 0 Å². The summed E-state index contributed by atoms with van der Waals surface area (Å²) in [7, 11) is 0. The van der Waals surface area contributed by atoms with Gasteiger partial charge >= 0.3 is 11.9 Å². The molecule has 0 saturated heterocycles. The minimum Gasteiger partial charge on any atom is -0.543 e. The van der Waals surface area contributed by atoms with E-state index in [1.54, 1.807) is 0 Å². The van der Waals surface area contributed by atoms with Crippen molar-refractivity contribution in [1.82, 2.24) is 0 Å². The monoisotopic (exact) mass is 240 g/mol. The fraction of sp³-hybridized carbons (Fsp3) is 0.333. The van der Waals surface area contributed by atoms with Crippen LogP contribution < -0.4 is 21.7 Å². The fourth-order valence-electron chi connectivity index (χ4n) is 0. The standard InChI is InChI=1S/2C2H5NO2.C2H2O4/c2*3-1-2(4)5;3-1(4)2(5)6/h2*1,3H2,(H,4,5);(H,3,4)(H,5,6). The van der Waals surface area contributed by atoms with Crippen molar-refractivity contribution in [3.63, 3.8) is 0 Å². The molecule has 0 atom stereocenters. The Bertz CT molecular complexity index is 225. The van der Waals surface area contributed by atoms with Gasteiger partial charge in [-0.05, 0) is 0 Å². The molecule has 0 fully saturated rings. The van der Waals surface area contributed by atoms with Crippen molar-refractivity contribution < 1.29 is 51.1 Å². The molecule has 0 aromatic heterocycles. The van der Waals surface area contributed by atoms with Crippen LogP contribution in [0.2, 0.25) is 0 Å². The molecule has 0 heterocycles. The highest BCUT2D eigenvalue weighted by molar-refractivity contribution is 6.25. The lowest BCUT2D eigenvalue weighted by Gasteiger charge is -1.97. The topological polar surface area (TPSA) is 210 Å². The third-order valence-electron chi connectivity index (χ3n) is 0.594. The van der Waals surface area contributed by atoms with Gasteiger partial charge in [0.15, 0.2) is 13.1 Å². The maximum Gasteiger partial charge on any atom is 0.359 e. The van der Waals surface area contributed by atoms with Gasteiger partial charge in [-0.1, -0.05) is 0 Å². The predicted octanol–water partition coefficient (Wildman–Crippen LogP) is -6.89. The van der Waals surface area contributed by atoms with E-state index < -0.39 is 23.9 Å². The third kappa shape index (κ3) is 40.9. The second-order valence-corrected chi connectivity index (χ2v) is 1.86. The highest BCUT2D eigenvalue weighted by atomic mass is 16.4. The zero-order chi connectivity index (χ0) is 13.7. The van der Waals surface area contributed by atoms with Gasteiger partial charge in [0, 0.05) is 0 Å². The number of aliphatic carboxylic acids is 4. The number of rotatable bonds is 2. The number of carboxylic acid groups (broad SMARTS) is 4. The molecule has 94 valence electrons. The first-order valence-electron chi connectivity index (χ1n) is 3.63. The van der Waals surface area contributed by atoms with Gasteiger partial charge in [-0.3, -0.25) is 0 Å². The molecule has 0 saturated carbocycles. The molecule has 0 aliphatic rings.